The van der Waals surface area contributed by atoms with Gasteiger partial charge >= 0.3 is 0 Å². The topological polar surface area (TPSA) is 113 Å². The van der Waals surface area contributed by atoms with Crippen molar-refractivity contribution in [3.63, 3.8) is 0 Å². The van der Waals surface area contributed by atoms with E-state index in [0.717, 1.165) is 4.68 Å². The number of nitrogen functional groups attached to an aromatic ring is 1. The molecule has 0 aromatic carbocycles. The molecule has 78 valence electrons. The quantitative estimate of drug-likeness (QED) is 0.393. The summed E-state index contributed by atoms with van der Waals surface area (Å²) in [5.74, 6) is 5.58. The minimum atomic E-state index is -0.445. The maximum Gasteiger partial charge on any atom is 0.251 e. The molecule has 2 aromatic rings. The van der Waals surface area contributed by atoms with E-state index in [1.807, 2.05) is 0 Å². The summed E-state index contributed by atoms with van der Waals surface area (Å²) >= 11 is 4.81. The van der Waals surface area contributed by atoms with Crippen LogP contribution in [0.5, 0.6) is 5.88 Å². The van der Waals surface area contributed by atoms with Crippen LogP contribution in [-0.4, -0.2) is 25.0 Å². The molecule has 0 bridgehead atoms. The van der Waals surface area contributed by atoms with Crippen molar-refractivity contribution in [3.05, 3.63) is 27.3 Å². The van der Waals surface area contributed by atoms with Crippen molar-refractivity contribution in [2.75, 3.05) is 5.84 Å². The highest BCUT2D eigenvalue weighted by atomic mass is 32.1. The third kappa shape index (κ3) is 1.62. The van der Waals surface area contributed by atoms with Crippen LogP contribution in [0.4, 0.5) is 0 Å². The highest BCUT2D eigenvalue weighted by molar-refractivity contribution is 7.71. The standard InChI is InChI=1S/C7H7N5O2S/c8-12-6(10-11-7(12)15)3-1-4(13)9-5(14)2-3/h1-2H,8H2,(H,11,15)(H2,9,13,14). The smallest absolute Gasteiger partial charge is 0.251 e. The maximum atomic E-state index is 11.1. The van der Waals surface area contributed by atoms with Crippen LogP contribution in [0, 0.1) is 4.77 Å². The van der Waals surface area contributed by atoms with E-state index in [1.54, 1.807) is 0 Å². The van der Waals surface area contributed by atoms with Crippen LogP contribution >= 0.6 is 12.2 Å². The molecule has 0 aliphatic rings. The molecule has 0 fully saturated rings. The normalized spacial score (nSPS) is 10.4. The van der Waals surface area contributed by atoms with Gasteiger partial charge < -0.3 is 10.9 Å². The zero-order valence-corrected chi connectivity index (χ0v) is 8.21. The van der Waals surface area contributed by atoms with Crippen LogP contribution < -0.4 is 11.4 Å². The van der Waals surface area contributed by atoms with Gasteiger partial charge in [0.25, 0.3) is 5.56 Å². The lowest BCUT2D eigenvalue weighted by atomic mass is 10.2. The fourth-order valence-electron chi connectivity index (χ4n) is 1.17. The maximum absolute atomic E-state index is 11.1. The lowest BCUT2D eigenvalue weighted by Gasteiger charge is -1.99. The second-order valence-corrected chi connectivity index (χ2v) is 3.23. The Morgan fingerprint density at radius 2 is 2.27 bits per heavy atom. The number of nitrogens with one attached hydrogen (secondary N) is 2. The van der Waals surface area contributed by atoms with Gasteiger partial charge in [-0.1, -0.05) is 0 Å². The second kappa shape index (κ2) is 3.24. The molecule has 0 saturated carbocycles. The summed E-state index contributed by atoms with van der Waals surface area (Å²) in [4.78, 5) is 13.3. The van der Waals surface area contributed by atoms with E-state index in [4.69, 9.17) is 18.1 Å². The summed E-state index contributed by atoms with van der Waals surface area (Å²) < 4.78 is 1.34. The first-order valence-corrected chi connectivity index (χ1v) is 4.35. The first kappa shape index (κ1) is 9.46. The fourth-order valence-corrected chi connectivity index (χ4v) is 1.30. The molecule has 5 N–H and O–H groups in total. The first-order valence-electron chi connectivity index (χ1n) is 3.94. The number of hydrogen-bond acceptors (Lipinski definition) is 5. The van der Waals surface area contributed by atoms with Crippen molar-refractivity contribution >= 4 is 12.2 Å². The van der Waals surface area contributed by atoms with Gasteiger partial charge in [-0.05, 0) is 12.2 Å². The average Bonchev–Trinajstić information content (AvgIpc) is 2.46. The van der Waals surface area contributed by atoms with Crippen LogP contribution in [0.2, 0.25) is 0 Å². The summed E-state index contributed by atoms with van der Waals surface area (Å²) in [7, 11) is 0. The molecule has 0 aliphatic heterocycles. The monoisotopic (exact) mass is 225 g/mol. The third-order valence-corrected chi connectivity index (χ3v) is 2.08. The molecular formula is C7H7N5O2S. The SMILES string of the molecule is Nn1c(-c2cc(O)[nH]c(=O)c2)n[nH]c1=S. The molecule has 0 spiro atoms. The Morgan fingerprint density at radius 1 is 1.53 bits per heavy atom. The molecule has 0 radical (unpaired) electrons. The lowest BCUT2D eigenvalue weighted by Crippen LogP contribution is -2.11. The molecule has 0 atom stereocenters. The number of pyridine rings is 1. The molecule has 2 heterocycles. The van der Waals surface area contributed by atoms with Crippen LogP contribution in [0.15, 0.2) is 16.9 Å². The Bertz CT molecular complexity index is 610. The largest absolute Gasteiger partial charge is 0.494 e. The van der Waals surface area contributed by atoms with Gasteiger partial charge in [0.15, 0.2) is 11.7 Å². The van der Waals surface area contributed by atoms with Gasteiger partial charge in [0.2, 0.25) is 4.77 Å². The van der Waals surface area contributed by atoms with E-state index in [0.29, 0.717) is 5.56 Å². The number of aromatic hydroxyl groups is 1. The number of aromatic nitrogens is 4. The molecule has 2 rings (SSSR count). The van der Waals surface area contributed by atoms with Gasteiger partial charge in [-0.3, -0.25) is 9.78 Å². The number of H-pyrrole nitrogens is 2. The highest BCUT2D eigenvalue weighted by Gasteiger charge is 2.08. The minimum Gasteiger partial charge on any atom is -0.494 e. The van der Waals surface area contributed by atoms with Crippen molar-refractivity contribution in [2.45, 2.75) is 0 Å². The number of rotatable bonds is 1. The Balaban J connectivity index is 2.69. The predicted octanol–water partition coefficient (Wildman–Crippen LogP) is -0.285. The van der Waals surface area contributed by atoms with Crippen LogP contribution in [-0.2, 0) is 0 Å². The van der Waals surface area contributed by atoms with Gasteiger partial charge in [-0.25, -0.2) is 9.77 Å². The average molecular weight is 225 g/mol. The number of nitrogens with zero attached hydrogens (tertiary/aromatic N) is 2. The molecule has 2 aromatic heterocycles. The lowest BCUT2D eigenvalue weighted by molar-refractivity contribution is 0.452. The molecule has 15 heavy (non-hydrogen) atoms. The van der Waals surface area contributed by atoms with Gasteiger partial charge in [0, 0.05) is 17.7 Å². The van der Waals surface area contributed by atoms with Crippen molar-refractivity contribution in [3.8, 4) is 17.3 Å². The molecule has 0 amide bonds. The van der Waals surface area contributed by atoms with Crippen LogP contribution in [0.1, 0.15) is 0 Å². The van der Waals surface area contributed by atoms with Gasteiger partial charge in [-0.2, -0.15) is 5.10 Å². The fraction of sp³-hybridized carbons (Fsp3) is 0. The minimum absolute atomic E-state index is 0.227. The molecule has 8 heteroatoms. The predicted molar refractivity (Wildman–Crippen MR) is 55.3 cm³/mol. The zero-order valence-electron chi connectivity index (χ0n) is 7.39. The van der Waals surface area contributed by atoms with Gasteiger partial charge in [0.05, 0.1) is 0 Å². The third-order valence-electron chi connectivity index (χ3n) is 1.79. The van der Waals surface area contributed by atoms with E-state index in [1.165, 1.54) is 12.1 Å². The summed E-state index contributed by atoms with van der Waals surface area (Å²) in [5.41, 5.74) is -0.0648. The zero-order chi connectivity index (χ0) is 11.0. The van der Waals surface area contributed by atoms with Crippen molar-refractivity contribution in [2.24, 2.45) is 0 Å². The van der Waals surface area contributed by atoms with Crippen molar-refractivity contribution in [1.82, 2.24) is 19.9 Å². The summed E-state index contributed by atoms with van der Waals surface area (Å²) in [6.45, 7) is 0. The van der Waals surface area contributed by atoms with E-state index in [-0.39, 0.29) is 16.5 Å². The number of hydrogen-bond donors (Lipinski definition) is 4. The van der Waals surface area contributed by atoms with E-state index >= 15 is 0 Å². The van der Waals surface area contributed by atoms with Crippen LogP contribution in [0.25, 0.3) is 11.4 Å². The molecule has 7 nitrogen and oxygen atoms in total. The van der Waals surface area contributed by atoms with Crippen LogP contribution in [0.3, 0.4) is 0 Å². The summed E-state index contributed by atoms with van der Waals surface area (Å²) in [6.07, 6.45) is 0. The molecule has 0 saturated heterocycles. The van der Waals surface area contributed by atoms with E-state index in [2.05, 4.69) is 15.2 Å². The van der Waals surface area contributed by atoms with E-state index < -0.39 is 5.56 Å². The van der Waals surface area contributed by atoms with Crippen molar-refractivity contribution in [1.29, 1.82) is 0 Å². The van der Waals surface area contributed by atoms with Gasteiger partial charge in [0.1, 0.15) is 0 Å². The number of nitrogens with two attached hydrogens (primary N) is 1. The Kier molecular flexibility index (Phi) is 2.05. The summed E-state index contributed by atoms with van der Waals surface area (Å²) in [5, 5.41) is 15.5. The molecular weight excluding hydrogens is 218 g/mol. The first-order chi connectivity index (χ1) is 7.08. The van der Waals surface area contributed by atoms with Gasteiger partial charge in [-0.15, -0.1) is 0 Å². The molecule has 0 aliphatic carbocycles. The summed E-state index contributed by atoms with van der Waals surface area (Å²) in [6, 6.07) is 2.59. The Labute approximate surface area is 88.2 Å². The number of aromatic amines is 2. The Morgan fingerprint density at radius 3 is 2.80 bits per heavy atom. The Hall–Kier alpha value is -2.09. The van der Waals surface area contributed by atoms with Crippen molar-refractivity contribution < 1.29 is 5.11 Å². The van der Waals surface area contributed by atoms with E-state index in [9.17, 15) is 9.90 Å². The second-order valence-electron chi connectivity index (χ2n) is 2.84. The highest BCUT2D eigenvalue weighted by Crippen LogP contribution is 2.16. The molecule has 0 unspecified atom stereocenters.